The van der Waals surface area contributed by atoms with Gasteiger partial charge in [-0.05, 0) is 48.9 Å². The number of aryl methyl sites for hydroxylation is 1. The molecule has 0 atom stereocenters. The quantitative estimate of drug-likeness (QED) is 0.809. The summed E-state index contributed by atoms with van der Waals surface area (Å²) < 4.78 is 13.9. The fraction of sp³-hybridized carbons (Fsp3) is 0.125. The number of amides is 2. The number of rotatable bonds is 4. The van der Waals surface area contributed by atoms with Gasteiger partial charge in [0.1, 0.15) is 12.2 Å². The molecule has 0 aliphatic heterocycles. The minimum Gasteiger partial charge on any atom is -0.326 e. The van der Waals surface area contributed by atoms with Crippen LogP contribution in [0.1, 0.15) is 12.0 Å². The van der Waals surface area contributed by atoms with Crippen LogP contribution in [0.3, 0.4) is 0 Å². The van der Waals surface area contributed by atoms with Crippen LogP contribution in [-0.4, -0.2) is 11.8 Å². The number of carbonyl (C=O) groups is 2. The Balaban J connectivity index is 1.92. The lowest BCUT2D eigenvalue weighted by Gasteiger charge is -2.09. The Kier molecular flexibility index (Phi) is 5.27. The zero-order chi connectivity index (χ0) is 16.1. The number of benzene rings is 2. The number of halogens is 2. The van der Waals surface area contributed by atoms with E-state index in [9.17, 15) is 14.0 Å². The largest absolute Gasteiger partial charge is 0.326 e. The van der Waals surface area contributed by atoms with Gasteiger partial charge in [0, 0.05) is 15.8 Å². The van der Waals surface area contributed by atoms with Crippen molar-refractivity contribution in [1.29, 1.82) is 0 Å². The van der Waals surface area contributed by atoms with Crippen molar-refractivity contribution >= 4 is 39.1 Å². The molecule has 0 spiro atoms. The summed E-state index contributed by atoms with van der Waals surface area (Å²) in [5.74, 6) is -1.38. The summed E-state index contributed by atoms with van der Waals surface area (Å²) in [4.78, 5) is 23.6. The zero-order valence-corrected chi connectivity index (χ0v) is 13.4. The molecule has 0 saturated heterocycles. The van der Waals surface area contributed by atoms with Crippen LogP contribution >= 0.6 is 15.9 Å². The molecule has 22 heavy (non-hydrogen) atoms. The van der Waals surface area contributed by atoms with E-state index in [0.29, 0.717) is 11.4 Å². The van der Waals surface area contributed by atoms with E-state index in [1.165, 1.54) is 18.2 Å². The van der Waals surface area contributed by atoms with Gasteiger partial charge < -0.3 is 10.6 Å². The van der Waals surface area contributed by atoms with Gasteiger partial charge in [0.05, 0.1) is 0 Å². The molecular weight excluding hydrogens is 351 g/mol. The van der Waals surface area contributed by atoms with Crippen LogP contribution in [0.25, 0.3) is 0 Å². The summed E-state index contributed by atoms with van der Waals surface area (Å²) >= 11 is 3.34. The monoisotopic (exact) mass is 364 g/mol. The minimum atomic E-state index is -0.502. The van der Waals surface area contributed by atoms with Crippen molar-refractivity contribution in [2.24, 2.45) is 0 Å². The van der Waals surface area contributed by atoms with Crippen LogP contribution in [0.2, 0.25) is 0 Å². The van der Waals surface area contributed by atoms with E-state index in [1.54, 1.807) is 18.2 Å². The third-order valence-electron chi connectivity index (χ3n) is 2.89. The normalized spacial score (nSPS) is 10.1. The van der Waals surface area contributed by atoms with Gasteiger partial charge in [-0.15, -0.1) is 0 Å². The van der Waals surface area contributed by atoms with Crippen molar-refractivity contribution < 1.29 is 14.0 Å². The number of nitrogens with one attached hydrogen (secondary N) is 2. The number of hydrogen-bond acceptors (Lipinski definition) is 2. The van der Waals surface area contributed by atoms with Gasteiger partial charge in [0.2, 0.25) is 11.8 Å². The van der Waals surface area contributed by atoms with Gasteiger partial charge in [-0.25, -0.2) is 4.39 Å². The number of hydrogen-bond donors (Lipinski definition) is 2. The van der Waals surface area contributed by atoms with E-state index < -0.39 is 17.6 Å². The summed E-state index contributed by atoms with van der Waals surface area (Å²) in [6.07, 6.45) is -0.341. The van der Waals surface area contributed by atoms with Crippen LogP contribution in [0.15, 0.2) is 46.9 Å². The second-order valence-electron chi connectivity index (χ2n) is 4.74. The highest BCUT2D eigenvalue weighted by atomic mass is 79.9. The Hall–Kier alpha value is -2.21. The molecule has 0 saturated carbocycles. The lowest BCUT2D eigenvalue weighted by molar-refractivity contribution is -0.123. The van der Waals surface area contributed by atoms with Gasteiger partial charge in [-0.3, -0.25) is 9.59 Å². The molecule has 0 unspecified atom stereocenters. The van der Waals surface area contributed by atoms with Gasteiger partial charge >= 0.3 is 0 Å². The molecule has 2 rings (SSSR count). The second kappa shape index (κ2) is 7.17. The highest BCUT2D eigenvalue weighted by Gasteiger charge is 2.11. The van der Waals surface area contributed by atoms with Gasteiger partial charge in [-0.1, -0.05) is 22.0 Å². The molecule has 0 heterocycles. The molecular formula is C16H14BrFN2O2. The second-order valence-corrected chi connectivity index (χ2v) is 5.66. The predicted molar refractivity (Wildman–Crippen MR) is 87.2 cm³/mol. The van der Waals surface area contributed by atoms with E-state index in [2.05, 4.69) is 26.6 Å². The maximum atomic E-state index is 13.0. The Morgan fingerprint density at radius 1 is 1.09 bits per heavy atom. The van der Waals surface area contributed by atoms with E-state index in [0.717, 1.165) is 10.0 Å². The Morgan fingerprint density at radius 3 is 2.50 bits per heavy atom. The van der Waals surface area contributed by atoms with Crippen LogP contribution in [0.5, 0.6) is 0 Å². The van der Waals surface area contributed by atoms with E-state index in [-0.39, 0.29) is 6.42 Å². The molecule has 2 aromatic rings. The van der Waals surface area contributed by atoms with Crippen molar-refractivity contribution in [3.8, 4) is 0 Å². The molecule has 0 radical (unpaired) electrons. The Morgan fingerprint density at radius 2 is 1.82 bits per heavy atom. The number of anilines is 2. The molecule has 0 fully saturated rings. The fourth-order valence-electron chi connectivity index (χ4n) is 1.88. The summed E-state index contributed by atoms with van der Waals surface area (Å²) in [5.41, 5.74) is 1.85. The average Bonchev–Trinajstić information content (AvgIpc) is 2.41. The lowest BCUT2D eigenvalue weighted by Crippen LogP contribution is -2.21. The molecule has 0 bridgehead atoms. The molecule has 2 aromatic carbocycles. The third-order valence-corrected chi connectivity index (χ3v) is 3.39. The topological polar surface area (TPSA) is 58.2 Å². The SMILES string of the molecule is Cc1cc(Br)ccc1NC(=O)CC(=O)Nc1cccc(F)c1. The van der Waals surface area contributed by atoms with Crippen LogP contribution in [0.4, 0.5) is 15.8 Å². The molecule has 0 aliphatic rings. The van der Waals surface area contributed by atoms with Crippen LogP contribution < -0.4 is 10.6 Å². The van der Waals surface area contributed by atoms with Crippen molar-refractivity contribution in [2.75, 3.05) is 10.6 Å². The number of carbonyl (C=O) groups excluding carboxylic acids is 2. The van der Waals surface area contributed by atoms with E-state index in [1.807, 2.05) is 13.0 Å². The minimum absolute atomic E-state index is 0.317. The lowest BCUT2D eigenvalue weighted by atomic mass is 10.2. The summed E-state index contributed by atoms with van der Waals surface area (Å²) in [6.45, 7) is 1.85. The van der Waals surface area contributed by atoms with Gasteiger partial charge in [0.25, 0.3) is 0 Å². The first-order valence-electron chi connectivity index (χ1n) is 6.55. The maximum Gasteiger partial charge on any atom is 0.233 e. The maximum absolute atomic E-state index is 13.0. The van der Waals surface area contributed by atoms with Crippen LogP contribution in [0, 0.1) is 12.7 Å². The van der Waals surface area contributed by atoms with Crippen molar-refractivity contribution in [2.45, 2.75) is 13.3 Å². The average molecular weight is 365 g/mol. The molecule has 2 N–H and O–H groups in total. The first kappa shape index (κ1) is 16.2. The summed E-state index contributed by atoms with van der Waals surface area (Å²) in [7, 11) is 0. The summed E-state index contributed by atoms with van der Waals surface area (Å²) in [5, 5.41) is 5.15. The van der Waals surface area contributed by atoms with Gasteiger partial charge in [-0.2, -0.15) is 0 Å². The zero-order valence-electron chi connectivity index (χ0n) is 11.8. The summed E-state index contributed by atoms with van der Waals surface area (Å²) in [6, 6.07) is 10.9. The third kappa shape index (κ3) is 4.66. The van der Waals surface area contributed by atoms with Crippen molar-refractivity contribution in [1.82, 2.24) is 0 Å². The Labute approximate surface area is 135 Å². The van der Waals surface area contributed by atoms with Crippen LogP contribution in [-0.2, 0) is 9.59 Å². The molecule has 0 aliphatic carbocycles. The fourth-order valence-corrected chi connectivity index (χ4v) is 2.35. The smallest absolute Gasteiger partial charge is 0.233 e. The molecule has 4 nitrogen and oxygen atoms in total. The van der Waals surface area contributed by atoms with E-state index in [4.69, 9.17) is 0 Å². The highest BCUT2D eigenvalue weighted by Crippen LogP contribution is 2.20. The Bertz CT molecular complexity index is 719. The molecule has 6 heteroatoms. The van der Waals surface area contributed by atoms with Crippen molar-refractivity contribution in [3.63, 3.8) is 0 Å². The standard InChI is InChI=1S/C16H14BrFN2O2/c1-10-7-11(17)5-6-14(10)20-16(22)9-15(21)19-13-4-2-3-12(18)8-13/h2-8H,9H2,1H3,(H,19,21)(H,20,22). The molecule has 2 amide bonds. The first-order valence-corrected chi connectivity index (χ1v) is 7.35. The first-order chi connectivity index (χ1) is 10.4. The molecule has 0 aromatic heterocycles. The van der Waals surface area contributed by atoms with Gasteiger partial charge in [0.15, 0.2) is 0 Å². The highest BCUT2D eigenvalue weighted by molar-refractivity contribution is 9.10. The van der Waals surface area contributed by atoms with Crippen molar-refractivity contribution in [3.05, 3.63) is 58.3 Å². The molecule has 114 valence electrons. The predicted octanol–water partition coefficient (Wildman–Crippen LogP) is 3.86. The van der Waals surface area contributed by atoms with E-state index >= 15 is 0 Å².